The van der Waals surface area contributed by atoms with E-state index in [-0.39, 0.29) is 0 Å². The summed E-state index contributed by atoms with van der Waals surface area (Å²) in [5.74, 6) is 0. The lowest BCUT2D eigenvalue weighted by atomic mass is 9.99. The highest BCUT2D eigenvalue weighted by atomic mass is 16.3. The molecule has 0 saturated heterocycles. The van der Waals surface area contributed by atoms with Crippen molar-refractivity contribution in [2.45, 2.75) is 0 Å². The minimum Gasteiger partial charge on any atom is -0.455 e. The normalized spacial score (nSPS) is 11.7. The van der Waals surface area contributed by atoms with Crippen LogP contribution in [-0.2, 0) is 0 Å². The van der Waals surface area contributed by atoms with Crippen molar-refractivity contribution in [3.63, 3.8) is 0 Å². The molecule has 0 N–H and O–H groups in total. The van der Waals surface area contributed by atoms with Gasteiger partial charge in [0.25, 0.3) is 0 Å². The van der Waals surface area contributed by atoms with Crippen LogP contribution in [0.3, 0.4) is 0 Å². The van der Waals surface area contributed by atoms with Gasteiger partial charge in [0, 0.05) is 32.8 Å². The molecule has 0 bridgehead atoms. The number of furan rings is 1. The Morgan fingerprint density at radius 3 is 1.84 bits per heavy atom. The molecule has 0 amide bonds. The lowest BCUT2D eigenvalue weighted by Crippen LogP contribution is -1.93. The fraction of sp³-hybridized carbons (Fsp3) is 0. The van der Waals surface area contributed by atoms with Gasteiger partial charge in [-0.05, 0) is 59.2 Å². The average molecular weight is 486 g/mol. The SMILES string of the molecule is c1ccc(-c2ccc3c(c2)c2cc(-c4cccc5c4oc4ccccc45)ccc2n3-c2ccccc2)cc1. The van der Waals surface area contributed by atoms with E-state index in [1.165, 1.54) is 32.9 Å². The van der Waals surface area contributed by atoms with Gasteiger partial charge < -0.3 is 8.98 Å². The van der Waals surface area contributed by atoms with Crippen LogP contribution in [0.4, 0.5) is 0 Å². The highest BCUT2D eigenvalue weighted by Crippen LogP contribution is 2.40. The summed E-state index contributed by atoms with van der Waals surface area (Å²) in [6.45, 7) is 0. The first kappa shape index (κ1) is 21.0. The molecule has 178 valence electrons. The second-order valence-corrected chi connectivity index (χ2v) is 9.78. The Morgan fingerprint density at radius 2 is 1.05 bits per heavy atom. The van der Waals surface area contributed by atoms with Crippen LogP contribution in [0.1, 0.15) is 0 Å². The van der Waals surface area contributed by atoms with Crippen LogP contribution in [0.5, 0.6) is 0 Å². The van der Waals surface area contributed by atoms with Gasteiger partial charge in [0.15, 0.2) is 0 Å². The molecule has 0 atom stereocenters. The van der Waals surface area contributed by atoms with Gasteiger partial charge >= 0.3 is 0 Å². The first-order chi connectivity index (χ1) is 18.8. The van der Waals surface area contributed by atoms with Crippen LogP contribution >= 0.6 is 0 Å². The largest absolute Gasteiger partial charge is 0.455 e. The van der Waals surface area contributed by atoms with Crippen molar-refractivity contribution in [3.05, 3.63) is 140 Å². The van der Waals surface area contributed by atoms with Crippen molar-refractivity contribution in [2.75, 3.05) is 0 Å². The average Bonchev–Trinajstić information content (AvgIpc) is 3.53. The van der Waals surface area contributed by atoms with E-state index >= 15 is 0 Å². The van der Waals surface area contributed by atoms with E-state index < -0.39 is 0 Å². The fourth-order valence-corrected chi connectivity index (χ4v) is 5.83. The molecule has 0 unspecified atom stereocenters. The zero-order valence-electron chi connectivity index (χ0n) is 20.6. The second kappa shape index (κ2) is 8.22. The lowest BCUT2D eigenvalue weighted by molar-refractivity contribution is 0.670. The number of aromatic nitrogens is 1. The van der Waals surface area contributed by atoms with Crippen LogP contribution in [0.15, 0.2) is 144 Å². The molecular weight excluding hydrogens is 462 g/mol. The number of para-hydroxylation sites is 3. The number of hydrogen-bond acceptors (Lipinski definition) is 1. The van der Waals surface area contributed by atoms with Crippen molar-refractivity contribution in [3.8, 4) is 27.9 Å². The molecule has 0 spiro atoms. The highest BCUT2D eigenvalue weighted by molar-refractivity contribution is 6.13. The summed E-state index contributed by atoms with van der Waals surface area (Å²) in [4.78, 5) is 0. The topological polar surface area (TPSA) is 18.1 Å². The van der Waals surface area contributed by atoms with Crippen molar-refractivity contribution in [2.24, 2.45) is 0 Å². The molecule has 6 aromatic carbocycles. The van der Waals surface area contributed by atoms with Gasteiger partial charge in [0.05, 0.1) is 11.0 Å². The number of benzene rings is 6. The maximum Gasteiger partial charge on any atom is 0.143 e. The lowest BCUT2D eigenvalue weighted by Gasteiger charge is -2.08. The summed E-state index contributed by atoms with van der Waals surface area (Å²) in [6, 6.07) is 49.5. The molecule has 0 aliphatic rings. The van der Waals surface area contributed by atoms with Crippen LogP contribution in [0, 0.1) is 0 Å². The molecule has 38 heavy (non-hydrogen) atoms. The smallest absolute Gasteiger partial charge is 0.143 e. The standard InChI is InChI=1S/C36H23NO/c1-3-10-24(11-4-1)25-18-20-33-31(22-25)32-23-26(19-21-34(32)37(33)27-12-5-2-6-13-27)28-15-9-16-30-29-14-7-8-17-35(29)38-36(28)30/h1-23H. The molecule has 0 fully saturated rings. The first-order valence-corrected chi connectivity index (χ1v) is 12.9. The number of hydrogen-bond donors (Lipinski definition) is 0. The Hall–Kier alpha value is -5.08. The molecule has 0 saturated carbocycles. The van der Waals surface area contributed by atoms with Crippen molar-refractivity contribution in [1.29, 1.82) is 0 Å². The van der Waals surface area contributed by atoms with Crippen LogP contribution in [0.25, 0.3) is 71.7 Å². The minimum absolute atomic E-state index is 0.921. The van der Waals surface area contributed by atoms with E-state index in [9.17, 15) is 0 Å². The fourth-order valence-electron chi connectivity index (χ4n) is 5.83. The van der Waals surface area contributed by atoms with Gasteiger partial charge in [-0.3, -0.25) is 0 Å². The Morgan fingerprint density at radius 1 is 0.421 bits per heavy atom. The monoisotopic (exact) mass is 485 g/mol. The third-order valence-corrected chi connectivity index (χ3v) is 7.60. The molecule has 2 nitrogen and oxygen atoms in total. The van der Waals surface area contributed by atoms with E-state index in [1.807, 2.05) is 12.1 Å². The summed E-state index contributed by atoms with van der Waals surface area (Å²) in [6.07, 6.45) is 0. The number of rotatable bonds is 3. The Labute approximate surface area is 220 Å². The quantitative estimate of drug-likeness (QED) is 0.243. The summed E-state index contributed by atoms with van der Waals surface area (Å²) >= 11 is 0. The molecule has 0 aliphatic heterocycles. The third kappa shape index (κ3) is 3.14. The Balaban J connectivity index is 1.43. The van der Waals surface area contributed by atoms with Crippen LogP contribution < -0.4 is 0 Å². The molecule has 2 heteroatoms. The molecule has 2 aromatic heterocycles. The molecular formula is C36H23NO. The van der Waals surface area contributed by atoms with Gasteiger partial charge in [-0.2, -0.15) is 0 Å². The number of fused-ring (bicyclic) bond motifs is 6. The molecule has 0 aliphatic carbocycles. The van der Waals surface area contributed by atoms with Crippen molar-refractivity contribution >= 4 is 43.7 Å². The van der Waals surface area contributed by atoms with Gasteiger partial charge in [0.2, 0.25) is 0 Å². The zero-order valence-corrected chi connectivity index (χ0v) is 20.6. The molecule has 8 aromatic rings. The summed E-state index contributed by atoms with van der Waals surface area (Å²) in [7, 11) is 0. The van der Waals surface area contributed by atoms with E-state index in [0.29, 0.717) is 0 Å². The maximum absolute atomic E-state index is 6.38. The van der Waals surface area contributed by atoms with E-state index in [0.717, 1.165) is 38.8 Å². The summed E-state index contributed by atoms with van der Waals surface area (Å²) < 4.78 is 8.75. The van der Waals surface area contributed by atoms with E-state index in [4.69, 9.17) is 4.42 Å². The van der Waals surface area contributed by atoms with Crippen LogP contribution in [-0.4, -0.2) is 4.57 Å². The second-order valence-electron chi connectivity index (χ2n) is 9.78. The number of nitrogens with zero attached hydrogens (tertiary/aromatic N) is 1. The predicted octanol–water partition coefficient (Wildman–Crippen LogP) is 10.0. The predicted molar refractivity (Wildman–Crippen MR) is 159 cm³/mol. The van der Waals surface area contributed by atoms with E-state index in [1.54, 1.807) is 0 Å². The summed E-state index contributed by atoms with van der Waals surface area (Å²) in [5, 5.41) is 4.77. The van der Waals surface area contributed by atoms with Crippen LogP contribution in [0.2, 0.25) is 0 Å². The van der Waals surface area contributed by atoms with Gasteiger partial charge in [-0.25, -0.2) is 0 Å². The highest BCUT2D eigenvalue weighted by Gasteiger charge is 2.16. The van der Waals surface area contributed by atoms with Crippen molar-refractivity contribution < 1.29 is 4.42 Å². The third-order valence-electron chi connectivity index (χ3n) is 7.60. The Bertz CT molecular complexity index is 2110. The van der Waals surface area contributed by atoms with Crippen molar-refractivity contribution in [1.82, 2.24) is 4.57 Å². The summed E-state index contributed by atoms with van der Waals surface area (Å²) in [5.41, 5.74) is 10.1. The maximum atomic E-state index is 6.38. The zero-order chi connectivity index (χ0) is 25.1. The van der Waals surface area contributed by atoms with E-state index in [2.05, 4.69) is 132 Å². The van der Waals surface area contributed by atoms with Gasteiger partial charge in [-0.1, -0.05) is 97.1 Å². The van der Waals surface area contributed by atoms with Gasteiger partial charge in [-0.15, -0.1) is 0 Å². The van der Waals surface area contributed by atoms with Gasteiger partial charge in [0.1, 0.15) is 11.2 Å². The minimum atomic E-state index is 0.921. The Kier molecular flexibility index (Phi) is 4.55. The molecule has 0 radical (unpaired) electrons. The first-order valence-electron chi connectivity index (χ1n) is 12.9. The molecule has 2 heterocycles. The molecule has 8 rings (SSSR count).